The Hall–Kier alpha value is -0.0800. The highest BCUT2D eigenvalue weighted by Crippen LogP contribution is 2.33. The van der Waals surface area contributed by atoms with Gasteiger partial charge in [0.05, 0.1) is 6.10 Å². The fourth-order valence-corrected chi connectivity index (χ4v) is 1.91. The molecule has 1 fully saturated rings. The summed E-state index contributed by atoms with van der Waals surface area (Å²) in [7, 11) is 0. The van der Waals surface area contributed by atoms with Crippen molar-refractivity contribution in [2.75, 3.05) is 19.6 Å². The molecule has 0 aromatic rings. The maximum atomic E-state index is 9.12. The van der Waals surface area contributed by atoms with Gasteiger partial charge in [-0.2, -0.15) is 0 Å². The summed E-state index contributed by atoms with van der Waals surface area (Å²) in [4.78, 5) is 2.50. The number of aliphatic hydroxyl groups excluding tert-OH is 1. The summed E-state index contributed by atoms with van der Waals surface area (Å²) in [5, 5.41) is 9.12. The van der Waals surface area contributed by atoms with Gasteiger partial charge in [-0.25, -0.2) is 0 Å². The lowest BCUT2D eigenvalue weighted by atomic mass is 9.76. The number of hydrogen-bond acceptors (Lipinski definition) is 2. The third kappa shape index (κ3) is 3.58. The van der Waals surface area contributed by atoms with Crippen molar-refractivity contribution in [2.24, 2.45) is 11.3 Å². The quantitative estimate of drug-likeness (QED) is 0.749. The van der Waals surface area contributed by atoms with Crippen LogP contribution in [-0.2, 0) is 0 Å². The maximum Gasteiger partial charge on any atom is 0.0512 e. The molecule has 0 aromatic carbocycles. The van der Waals surface area contributed by atoms with Gasteiger partial charge in [0.25, 0.3) is 0 Å². The molecule has 2 heteroatoms. The molecule has 14 heavy (non-hydrogen) atoms. The Kier molecular flexibility index (Phi) is 3.96. The zero-order valence-electron chi connectivity index (χ0n) is 10.1. The number of nitrogens with zero attached hydrogens (tertiary/aromatic N) is 1. The largest absolute Gasteiger partial charge is 0.393 e. The SMILES string of the molecule is CC(O)CCCN1CC(C(C)(C)C)C1. The van der Waals surface area contributed by atoms with Crippen LogP contribution >= 0.6 is 0 Å². The second-order valence-electron chi connectivity index (χ2n) is 5.81. The van der Waals surface area contributed by atoms with Gasteiger partial charge >= 0.3 is 0 Å². The first-order valence-corrected chi connectivity index (χ1v) is 5.80. The molecule has 0 radical (unpaired) electrons. The summed E-state index contributed by atoms with van der Waals surface area (Å²) < 4.78 is 0. The Morgan fingerprint density at radius 1 is 1.36 bits per heavy atom. The van der Waals surface area contributed by atoms with Crippen molar-refractivity contribution >= 4 is 0 Å². The molecule has 2 nitrogen and oxygen atoms in total. The molecule has 0 aromatic heterocycles. The van der Waals surface area contributed by atoms with Crippen LogP contribution in [0.1, 0.15) is 40.5 Å². The number of likely N-dealkylation sites (tertiary alicyclic amines) is 1. The van der Waals surface area contributed by atoms with Gasteiger partial charge < -0.3 is 10.0 Å². The molecule has 0 saturated carbocycles. The first-order chi connectivity index (χ1) is 6.39. The fraction of sp³-hybridized carbons (Fsp3) is 1.00. The Morgan fingerprint density at radius 3 is 2.36 bits per heavy atom. The average molecular weight is 199 g/mol. The summed E-state index contributed by atoms with van der Waals surface area (Å²) in [5.41, 5.74) is 0.473. The van der Waals surface area contributed by atoms with Crippen molar-refractivity contribution in [3.63, 3.8) is 0 Å². The Bertz CT molecular complexity index is 166. The van der Waals surface area contributed by atoms with Crippen LogP contribution in [-0.4, -0.2) is 35.7 Å². The second kappa shape index (κ2) is 4.63. The first kappa shape index (κ1) is 12.0. The maximum absolute atomic E-state index is 9.12. The van der Waals surface area contributed by atoms with Crippen LogP contribution in [0.15, 0.2) is 0 Å². The lowest BCUT2D eigenvalue weighted by molar-refractivity contribution is 0.0216. The minimum atomic E-state index is -0.130. The van der Waals surface area contributed by atoms with E-state index in [-0.39, 0.29) is 6.10 Å². The third-order valence-corrected chi connectivity index (χ3v) is 3.28. The van der Waals surface area contributed by atoms with Crippen LogP contribution < -0.4 is 0 Å². The van der Waals surface area contributed by atoms with E-state index < -0.39 is 0 Å². The topological polar surface area (TPSA) is 23.5 Å². The predicted octanol–water partition coefficient (Wildman–Crippen LogP) is 2.13. The van der Waals surface area contributed by atoms with E-state index >= 15 is 0 Å². The second-order valence-corrected chi connectivity index (χ2v) is 5.81. The number of aliphatic hydroxyl groups is 1. The molecule has 0 spiro atoms. The monoisotopic (exact) mass is 199 g/mol. The summed E-state index contributed by atoms with van der Waals surface area (Å²) >= 11 is 0. The zero-order valence-corrected chi connectivity index (χ0v) is 10.1. The van der Waals surface area contributed by atoms with E-state index in [0.717, 1.165) is 25.3 Å². The molecule has 0 amide bonds. The molecule has 1 rings (SSSR count). The summed E-state index contributed by atoms with van der Waals surface area (Å²) in [6.07, 6.45) is 1.94. The minimum absolute atomic E-state index is 0.130. The van der Waals surface area contributed by atoms with Crippen LogP contribution in [0.25, 0.3) is 0 Å². The van der Waals surface area contributed by atoms with E-state index in [1.165, 1.54) is 13.1 Å². The van der Waals surface area contributed by atoms with E-state index in [0.29, 0.717) is 5.41 Å². The predicted molar refractivity (Wildman–Crippen MR) is 60.3 cm³/mol. The fourth-order valence-electron chi connectivity index (χ4n) is 1.91. The van der Waals surface area contributed by atoms with Gasteiger partial charge in [-0.3, -0.25) is 0 Å². The highest BCUT2D eigenvalue weighted by molar-refractivity contribution is 4.87. The molecule has 1 unspecified atom stereocenters. The number of rotatable bonds is 4. The molecular formula is C12H25NO. The highest BCUT2D eigenvalue weighted by atomic mass is 16.3. The lowest BCUT2D eigenvalue weighted by Crippen LogP contribution is -2.52. The van der Waals surface area contributed by atoms with Crippen molar-refractivity contribution in [1.82, 2.24) is 4.90 Å². The molecule has 1 aliphatic rings. The van der Waals surface area contributed by atoms with Gasteiger partial charge in [0.1, 0.15) is 0 Å². The molecule has 0 bridgehead atoms. The zero-order chi connectivity index (χ0) is 10.8. The Morgan fingerprint density at radius 2 is 1.93 bits per heavy atom. The van der Waals surface area contributed by atoms with Gasteiger partial charge in [0, 0.05) is 13.1 Å². The third-order valence-electron chi connectivity index (χ3n) is 3.28. The summed E-state index contributed by atoms with van der Waals surface area (Å²) in [6.45, 7) is 12.5. The van der Waals surface area contributed by atoms with E-state index in [1.807, 2.05) is 6.92 Å². The molecule has 1 N–H and O–H groups in total. The van der Waals surface area contributed by atoms with Crippen LogP contribution in [0.2, 0.25) is 0 Å². The molecule has 1 saturated heterocycles. The minimum Gasteiger partial charge on any atom is -0.393 e. The first-order valence-electron chi connectivity index (χ1n) is 5.80. The Labute approximate surface area is 88.3 Å². The lowest BCUT2D eigenvalue weighted by Gasteiger charge is -2.46. The van der Waals surface area contributed by atoms with Gasteiger partial charge in [-0.05, 0) is 37.6 Å². The van der Waals surface area contributed by atoms with Crippen molar-refractivity contribution in [3.8, 4) is 0 Å². The molecule has 84 valence electrons. The standard InChI is InChI=1S/C12H25NO/c1-10(14)6-5-7-13-8-11(9-13)12(2,3)4/h10-11,14H,5-9H2,1-4H3. The molecule has 1 heterocycles. The van der Waals surface area contributed by atoms with Crippen molar-refractivity contribution in [2.45, 2.75) is 46.6 Å². The molecular weight excluding hydrogens is 174 g/mol. The van der Waals surface area contributed by atoms with Crippen LogP contribution in [0.5, 0.6) is 0 Å². The molecule has 0 aliphatic carbocycles. The van der Waals surface area contributed by atoms with Crippen LogP contribution in [0.4, 0.5) is 0 Å². The van der Waals surface area contributed by atoms with Crippen molar-refractivity contribution in [3.05, 3.63) is 0 Å². The van der Waals surface area contributed by atoms with Crippen LogP contribution in [0, 0.1) is 11.3 Å². The van der Waals surface area contributed by atoms with Crippen molar-refractivity contribution in [1.29, 1.82) is 0 Å². The molecule has 1 atom stereocenters. The summed E-state index contributed by atoms with van der Waals surface area (Å²) in [5.74, 6) is 0.869. The van der Waals surface area contributed by atoms with Gasteiger partial charge in [-0.15, -0.1) is 0 Å². The van der Waals surface area contributed by atoms with E-state index in [2.05, 4.69) is 25.7 Å². The smallest absolute Gasteiger partial charge is 0.0512 e. The Balaban J connectivity index is 2.05. The van der Waals surface area contributed by atoms with E-state index in [1.54, 1.807) is 0 Å². The highest BCUT2D eigenvalue weighted by Gasteiger charge is 2.34. The van der Waals surface area contributed by atoms with Crippen LogP contribution in [0.3, 0.4) is 0 Å². The van der Waals surface area contributed by atoms with Gasteiger partial charge in [0.2, 0.25) is 0 Å². The normalized spacial score (nSPS) is 22.1. The van der Waals surface area contributed by atoms with E-state index in [4.69, 9.17) is 5.11 Å². The van der Waals surface area contributed by atoms with Gasteiger partial charge in [0.15, 0.2) is 0 Å². The average Bonchev–Trinajstić information content (AvgIpc) is 1.90. The van der Waals surface area contributed by atoms with E-state index in [9.17, 15) is 0 Å². The molecule has 1 aliphatic heterocycles. The van der Waals surface area contributed by atoms with Gasteiger partial charge in [-0.1, -0.05) is 20.8 Å². The summed E-state index contributed by atoms with van der Waals surface area (Å²) in [6, 6.07) is 0. The van der Waals surface area contributed by atoms with Crippen molar-refractivity contribution < 1.29 is 5.11 Å². The number of hydrogen-bond donors (Lipinski definition) is 1.